The van der Waals surface area contributed by atoms with Crippen LogP contribution in [0.3, 0.4) is 0 Å². The Morgan fingerprint density at radius 1 is 0.679 bits per heavy atom. The molecule has 2 aliphatic rings. The molecule has 2 rings (SSSR count). The van der Waals surface area contributed by atoms with Crippen molar-refractivity contribution < 1.29 is 97.9 Å². The predicted molar refractivity (Wildman–Crippen MR) is 175 cm³/mol. The van der Waals surface area contributed by atoms with Crippen LogP contribution in [0.1, 0.15) is 20.8 Å². The Morgan fingerprint density at radius 2 is 1.17 bits per heavy atom. The number of carbonyl (C=O) groups is 3. The van der Waals surface area contributed by atoms with Gasteiger partial charge in [0.25, 0.3) is 0 Å². The number of carbonyl (C=O) groups excluding carboxylic acids is 3. The Kier molecular flexibility index (Phi) is 19.0. The molecule has 53 heavy (non-hydrogen) atoms. The van der Waals surface area contributed by atoms with Gasteiger partial charge in [-0.1, -0.05) is 19.7 Å². The van der Waals surface area contributed by atoms with Gasteiger partial charge in [0.1, 0.15) is 87.5 Å². The molecule has 2 saturated heterocycles. The number of ether oxygens (including phenoxy) is 9. The molecular weight excluding hydrogens is 716 g/mol. The maximum absolute atomic E-state index is 11.7. The molecule has 20 heteroatoms. The van der Waals surface area contributed by atoms with Gasteiger partial charge in [0, 0.05) is 16.7 Å². The summed E-state index contributed by atoms with van der Waals surface area (Å²) in [5.41, 5.74) is 0.247. The summed E-state index contributed by atoms with van der Waals surface area (Å²) in [6.07, 6.45) is -17.3. The minimum atomic E-state index is -2.25. The van der Waals surface area contributed by atoms with Crippen LogP contribution in [-0.2, 0) is 57.0 Å². The number of rotatable bonds is 23. The minimum Gasteiger partial charge on any atom is -0.460 e. The van der Waals surface area contributed by atoms with Crippen LogP contribution < -0.4 is 0 Å². The molecule has 0 radical (unpaired) electrons. The van der Waals surface area contributed by atoms with Crippen LogP contribution in [0.15, 0.2) is 36.5 Å². The van der Waals surface area contributed by atoms with Crippen molar-refractivity contribution in [2.45, 2.75) is 93.9 Å². The second-order valence-corrected chi connectivity index (χ2v) is 12.7. The van der Waals surface area contributed by atoms with E-state index < -0.39 is 150 Å². The van der Waals surface area contributed by atoms with Crippen molar-refractivity contribution in [2.75, 3.05) is 59.5 Å². The van der Waals surface area contributed by atoms with Gasteiger partial charge >= 0.3 is 17.9 Å². The van der Waals surface area contributed by atoms with Gasteiger partial charge in [-0.05, 0) is 20.8 Å². The van der Waals surface area contributed by atoms with Crippen molar-refractivity contribution in [1.29, 1.82) is 0 Å². The smallest absolute Gasteiger partial charge is 0.333 e. The fourth-order valence-corrected chi connectivity index (χ4v) is 4.66. The van der Waals surface area contributed by atoms with Crippen LogP contribution in [0.5, 0.6) is 0 Å². The second kappa shape index (κ2) is 21.8. The zero-order valence-electron chi connectivity index (χ0n) is 29.8. The molecule has 2 fully saturated rings. The average molecular weight is 769 g/mol. The molecule has 3 unspecified atom stereocenters. The molecule has 0 aliphatic carbocycles. The maximum atomic E-state index is 11.7. The summed E-state index contributed by atoms with van der Waals surface area (Å²) in [4.78, 5) is 35.0. The molecule has 2 aliphatic heterocycles. The van der Waals surface area contributed by atoms with Crippen molar-refractivity contribution in [2.24, 2.45) is 0 Å². The van der Waals surface area contributed by atoms with E-state index in [-0.39, 0.29) is 16.7 Å². The van der Waals surface area contributed by atoms with E-state index in [2.05, 4.69) is 19.7 Å². The summed E-state index contributed by atoms with van der Waals surface area (Å²) in [5.74, 6) is -4.56. The first-order valence-electron chi connectivity index (χ1n) is 16.5. The quantitative estimate of drug-likeness (QED) is 0.0280. The zero-order valence-corrected chi connectivity index (χ0v) is 29.8. The first kappa shape index (κ1) is 46.2. The van der Waals surface area contributed by atoms with Crippen molar-refractivity contribution >= 4 is 17.9 Å². The molecular formula is C33H52O20. The molecule has 2 heterocycles. The summed E-state index contributed by atoms with van der Waals surface area (Å²) >= 11 is 0. The third kappa shape index (κ3) is 14.0. The van der Waals surface area contributed by atoms with Gasteiger partial charge in [-0.3, -0.25) is 0 Å². The lowest BCUT2D eigenvalue weighted by molar-refractivity contribution is -0.324. The third-order valence-electron chi connectivity index (χ3n) is 7.64. The fraction of sp³-hybridized carbons (Fsp3) is 0.727. The van der Waals surface area contributed by atoms with Crippen molar-refractivity contribution in [3.63, 3.8) is 0 Å². The standard InChI is InChI=1S/C33H52O20/c1-16(2)29(42)47-10-19(35)8-45-15-33(51-13-21(37)12-49-31(44)18(5)6)28(41)25(39)23(53-33)14-50-32-27(26(40)24(38)22(7-34)52-32)46-9-20(36)11-48-30(43)17(3)4/h19-28,32,34-41H,1,3,5,7-15H2,2,4,6H3/t19?,20?,21?,22-,23-,24-,25-,26+,27-,28+,32+,33-/m1/s1. The minimum absolute atomic E-state index is 0.0678. The Hall–Kier alpha value is -2.93. The highest BCUT2D eigenvalue weighted by atomic mass is 16.8. The van der Waals surface area contributed by atoms with E-state index in [0.717, 1.165) is 0 Å². The molecule has 304 valence electrons. The molecule has 0 bridgehead atoms. The van der Waals surface area contributed by atoms with Crippen molar-refractivity contribution in [3.05, 3.63) is 36.5 Å². The molecule has 0 amide bonds. The van der Waals surface area contributed by atoms with E-state index in [1.807, 2.05) is 0 Å². The summed E-state index contributed by atoms with van der Waals surface area (Å²) in [6, 6.07) is 0. The molecule has 0 aromatic carbocycles. The van der Waals surface area contributed by atoms with E-state index in [9.17, 15) is 55.2 Å². The molecule has 20 nitrogen and oxygen atoms in total. The highest BCUT2D eigenvalue weighted by Crippen LogP contribution is 2.35. The average Bonchev–Trinajstić information content (AvgIpc) is 3.35. The van der Waals surface area contributed by atoms with Gasteiger partial charge in [-0.15, -0.1) is 0 Å². The molecule has 8 N–H and O–H groups in total. The van der Waals surface area contributed by atoms with Crippen LogP contribution in [0.2, 0.25) is 0 Å². The summed E-state index contributed by atoms with van der Waals surface area (Å²) in [7, 11) is 0. The number of aliphatic hydroxyl groups excluding tert-OH is 8. The molecule has 0 aromatic heterocycles. The Balaban J connectivity index is 2.17. The lowest BCUT2D eigenvalue weighted by Gasteiger charge is -2.42. The highest BCUT2D eigenvalue weighted by Gasteiger charge is 2.56. The van der Waals surface area contributed by atoms with Crippen LogP contribution in [0.4, 0.5) is 0 Å². The maximum Gasteiger partial charge on any atom is 0.333 e. The lowest BCUT2D eigenvalue weighted by Crippen LogP contribution is -2.60. The molecule has 12 atom stereocenters. The van der Waals surface area contributed by atoms with E-state index in [0.29, 0.717) is 0 Å². The monoisotopic (exact) mass is 768 g/mol. The first-order valence-corrected chi connectivity index (χ1v) is 16.5. The zero-order chi connectivity index (χ0) is 40.0. The Morgan fingerprint density at radius 3 is 1.66 bits per heavy atom. The van der Waals surface area contributed by atoms with Gasteiger partial charge in [0.2, 0.25) is 5.79 Å². The lowest BCUT2D eigenvalue weighted by atomic mass is 9.99. The number of hydrogen-bond acceptors (Lipinski definition) is 20. The van der Waals surface area contributed by atoms with Gasteiger partial charge in [0.05, 0.1) is 33.0 Å². The van der Waals surface area contributed by atoms with E-state index in [1.165, 1.54) is 20.8 Å². The van der Waals surface area contributed by atoms with E-state index in [1.54, 1.807) is 0 Å². The van der Waals surface area contributed by atoms with Crippen LogP contribution in [-0.4, -0.2) is 191 Å². The first-order chi connectivity index (χ1) is 24.8. The van der Waals surface area contributed by atoms with E-state index in [4.69, 9.17) is 42.6 Å². The van der Waals surface area contributed by atoms with Gasteiger partial charge in [0.15, 0.2) is 6.29 Å². The molecule has 0 aromatic rings. The summed E-state index contributed by atoms with van der Waals surface area (Å²) < 4.78 is 48.5. The fourth-order valence-electron chi connectivity index (χ4n) is 4.66. The highest BCUT2D eigenvalue weighted by molar-refractivity contribution is 5.87. The van der Waals surface area contributed by atoms with Crippen molar-refractivity contribution in [3.8, 4) is 0 Å². The third-order valence-corrected chi connectivity index (χ3v) is 7.64. The number of esters is 3. The van der Waals surface area contributed by atoms with Crippen molar-refractivity contribution in [1.82, 2.24) is 0 Å². The Labute approximate surface area is 305 Å². The Bertz CT molecular complexity index is 1240. The van der Waals surface area contributed by atoms with Gasteiger partial charge < -0.3 is 83.5 Å². The summed E-state index contributed by atoms with van der Waals surface area (Å²) in [6.45, 7) is 9.19. The largest absolute Gasteiger partial charge is 0.460 e. The SMILES string of the molecule is C=C(C)C(=O)OCC(O)COC[C@@]1(OCC(O)COC(=O)C(=C)C)O[C@H](CO[C@H]2O[C@H](CO)[C@@H](O)[C@H](O)[C@H]2OCC(O)COC(=O)C(=C)C)[C@@H](O)[C@@H]1O. The normalized spacial score (nSPS) is 30.2. The van der Waals surface area contributed by atoms with Gasteiger partial charge in [-0.2, -0.15) is 0 Å². The van der Waals surface area contributed by atoms with Crippen LogP contribution in [0, 0.1) is 0 Å². The van der Waals surface area contributed by atoms with Gasteiger partial charge in [-0.25, -0.2) is 14.4 Å². The van der Waals surface area contributed by atoms with Crippen LogP contribution in [0.25, 0.3) is 0 Å². The predicted octanol–water partition coefficient (Wildman–Crippen LogP) is -3.88. The number of aliphatic hydroxyl groups is 8. The second-order valence-electron chi connectivity index (χ2n) is 12.7. The molecule has 0 saturated carbocycles. The van der Waals surface area contributed by atoms with Crippen LogP contribution >= 0.6 is 0 Å². The number of hydrogen-bond donors (Lipinski definition) is 8. The summed E-state index contributed by atoms with van der Waals surface area (Å²) in [5, 5.41) is 83.8. The topological polar surface area (TPSA) is 296 Å². The van der Waals surface area contributed by atoms with E-state index >= 15 is 0 Å². The molecule has 0 spiro atoms.